The van der Waals surface area contributed by atoms with Crippen molar-refractivity contribution in [2.24, 2.45) is 0 Å². The van der Waals surface area contributed by atoms with E-state index in [0.29, 0.717) is 25.1 Å². The Morgan fingerprint density at radius 1 is 1.35 bits per heavy atom. The van der Waals surface area contributed by atoms with Gasteiger partial charge in [-0.1, -0.05) is 15.9 Å². The summed E-state index contributed by atoms with van der Waals surface area (Å²) in [6.45, 7) is 0.526. The molecule has 0 amide bonds. The van der Waals surface area contributed by atoms with Crippen molar-refractivity contribution >= 4 is 31.5 Å². The Morgan fingerprint density at radius 2 is 2.10 bits per heavy atom. The molecule has 1 saturated carbocycles. The average Bonchev–Trinajstić information content (AvgIpc) is 2.40. The Hall–Kier alpha value is -0.590. The lowest BCUT2D eigenvalue weighted by Crippen LogP contribution is -2.49. The minimum atomic E-state index is -3.40. The maximum absolute atomic E-state index is 12.8. The number of ether oxygens (including phenoxy) is 1. The third kappa shape index (κ3) is 2.38. The van der Waals surface area contributed by atoms with Gasteiger partial charge in [0.2, 0.25) is 0 Å². The molecule has 1 atom stereocenters. The van der Waals surface area contributed by atoms with Crippen molar-refractivity contribution in [3.8, 4) is 0 Å². The van der Waals surface area contributed by atoms with Crippen LogP contribution < -0.4 is 5.73 Å². The number of hydrogen-bond donors (Lipinski definition) is 1. The van der Waals surface area contributed by atoms with Crippen LogP contribution >= 0.6 is 15.9 Å². The van der Waals surface area contributed by atoms with Crippen molar-refractivity contribution in [1.29, 1.82) is 0 Å². The minimum Gasteiger partial charge on any atom is -0.398 e. The van der Waals surface area contributed by atoms with E-state index in [-0.39, 0.29) is 15.7 Å². The van der Waals surface area contributed by atoms with E-state index in [0.717, 1.165) is 23.7 Å². The summed E-state index contributed by atoms with van der Waals surface area (Å²) in [6, 6.07) is 4.99. The number of sulfone groups is 1. The molecule has 0 bridgehead atoms. The number of halogens is 1. The molecule has 1 heterocycles. The third-order valence-corrected chi connectivity index (χ3v) is 7.17. The molecule has 6 heteroatoms. The van der Waals surface area contributed by atoms with Crippen LogP contribution in [-0.4, -0.2) is 25.9 Å². The Kier molecular flexibility index (Phi) is 3.59. The molecule has 1 saturated heterocycles. The highest BCUT2D eigenvalue weighted by Gasteiger charge is 2.46. The fourth-order valence-electron chi connectivity index (χ4n) is 3.10. The van der Waals surface area contributed by atoms with Gasteiger partial charge in [0.05, 0.1) is 21.4 Å². The quantitative estimate of drug-likeness (QED) is 0.824. The van der Waals surface area contributed by atoms with E-state index in [4.69, 9.17) is 10.5 Å². The van der Waals surface area contributed by atoms with Crippen LogP contribution in [0.15, 0.2) is 27.6 Å². The van der Waals surface area contributed by atoms with Crippen LogP contribution in [0.2, 0.25) is 0 Å². The molecule has 1 spiro atoms. The summed E-state index contributed by atoms with van der Waals surface area (Å²) in [7, 11) is -3.40. The number of nitrogen functional groups attached to an aromatic ring is 1. The van der Waals surface area contributed by atoms with Crippen molar-refractivity contribution in [3.05, 3.63) is 22.7 Å². The van der Waals surface area contributed by atoms with E-state index in [1.165, 1.54) is 0 Å². The second-order valence-corrected chi connectivity index (χ2v) is 8.84. The Balaban J connectivity index is 1.93. The van der Waals surface area contributed by atoms with Gasteiger partial charge >= 0.3 is 0 Å². The molecule has 0 radical (unpaired) electrons. The van der Waals surface area contributed by atoms with E-state index in [2.05, 4.69) is 15.9 Å². The first-order valence-corrected chi connectivity index (χ1v) is 9.20. The smallest absolute Gasteiger partial charge is 0.183 e. The second kappa shape index (κ2) is 5.00. The predicted octanol–water partition coefficient (Wildman–Crippen LogP) is 2.91. The van der Waals surface area contributed by atoms with Gasteiger partial charge in [0.15, 0.2) is 9.84 Å². The van der Waals surface area contributed by atoms with Crippen LogP contribution in [0.3, 0.4) is 0 Å². The lowest BCUT2D eigenvalue weighted by Gasteiger charge is -2.46. The molecule has 110 valence electrons. The molecule has 2 fully saturated rings. The topological polar surface area (TPSA) is 69.4 Å². The zero-order valence-corrected chi connectivity index (χ0v) is 13.5. The van der Waals surface area contributed by atoms with Crippen molar-refractivity contribution in [1.82, 2.24) is 0 Å². The zero-order valence-electron chi connectivity index (χ0n) is 11.1. The van der Waals surface area contributed by atoms with Crippen LogP contribution in [0.25, 0.3) is 0 Å². The lowest BCUT2D eigenvalue weighted by atomic mass is 9.75. The van der Waals surface area contributed by atoms with Gasteiger partial charge in [-0.15, -0.1) is 0 Å². The average molecular weight is 360 g/mol. The summed E-state index contributed by atoms with van der Waals surface area (Å²) in [6.07, 6.45) is 4.24. The van der Waals surface area contributed by atoms with E-state index in [9.17, 15) is 8.42 Å². The second-order valence-electron chi connectivity index (χ2n) is 5.73. The third-order valence-electron chi connectivity index (χ3n) is 4.43. The Bertz CT molecular complexity index is 625. The van der Waals surface area contributed by atoms with Gasteiger partial charge in [-0.25, -0.2) is 8.42 Å². The molecular formula is C14H18BrNO3S. The van der Waals surface area contributed by atoms with Crippen LogP contribution in [0, 0.1) is 0 Å². The normalized spacial score (nSPS) is 25.4. The predicted molar refractivity (Wildman–Crippen MR) is 81.3 cm³/mol. The molecule has 1 unspecified atom stereocenters. The number of benzene rings is 1. The first kappa shape index (κ1) is 14.4. The van der Waals surface area contributed by atoms with E-state index in [1.54, 1.807) is 18.2 Å². The van der Waals surface area contributed by atoms with Gasteiger partial charge in [-0.2, -0.15) is 0 Å². The summed E-state index contributed by atoms with van der Waals surface area (Å²) < 4.78 is 32.2. The van der Waals surface area contributed by atoms with E-state index >= 15 is 0 Å². The SMILES string of the molecule is Nc1ccc(Br)cc1S(=O)(=O)C1CCOC2(CCC2)C1. The highest BCUT2D eigenvalue weighted by molar-refractivity contribution is 9.10. The maximum Gasteiger partial charge on any atom is 0.183 e. The molecule has 20 heavy (non-hydrogen) atoms. The molecule has 2 N–H and O–H groups in total. The molecule has 1 aliphatic carbocycles. The van der Waals surface area contributed by atoms with Gasteiger partial charge in [-0.05, 0) is 50.3 Å². The number of hydrogen-bond acceptors (Lipinski definition) is 4. The summed E-state index contributed by atoms with van der Waals surface area (Å²) >= 11 is 3.32. The lowest BCUT2D eigenvalue weighted by molar-refractivity contribution is -0.125. The molecule has 1 aliphatic heterocycles. The Labute approximate surface area is 127 Å². The molecule has 0 aromatic heterocycles. The first-order valence-electron chi connectivity index (χ1n) is 6.86. The molecule has 2 aliphatic rings. The van der Waals surface area contributed by atoms with Crippen molar-refractivity contribution in [2.75, 3.05) is 12.3 Å². The highest BCUT2D eigenvalue weighted by atomic mass is 79.9. The van der Waals surface area contributed by atoms with Crippen molar-refractivity contribution in [2.45, 2.75) is 47.9 Å². The van der Waals surface area contributed by atoms with Crippen molar-refractivity contribution < 1.29 is 13.2 Å². The van der Waals surface area contributed by atoms with Gasteiger partial charge in [-0.3, -0.25) is 0 Å². The van der Waals surface area contributed by atoms with E-state index in [1.807, 2.05) is 0 Å². The first-order chi connectivity index (χ1) is 9.43. The molecule has 1 aromatic carbocycles. The van der Waals surface area contributed by atoms with Crippen LogP contribution in [-0.2, 0) is 14.6 Å². The molecular weight excluding hydrogens is 342 g/mol. The van der Waals surface area contributed by atoms with Gasteiger partial charge in [0.25, 0.3) is 0 Å². The van der Waals surface area contributed by atoms with Gasteiger partial charge < -0.3 is 10.5 Å². The molecule has 3 rings (SSSR count). The van der Waals surface area contributed by atoms with Crippen LogP contribution in [0.1, 0.15) is 32.1 Å². The van der Waals surface area contributed by atoms with Crippen LogP contribution in [0.5, 0.6) is 0 Å². The maximum atomic E-state index is 12.8. The fourth-order valence-corrected chi connectivity index (χ4v) is 5.59. The minimum absolute atomic E-state index is 0.184. The fraction of sp³-hybridized carbons (Fsp3) is 0.571. The van der Waals surface area contributed by atoms with Gasteiger partial charge in [0.1, 0.15) is 0 Å². The Morgan fingerprint density at radius 3 is 2.75 bits per heavy atom. The number of rotatable bonds is 2. The van der Waals surface area contributed by atoms with Crippen molar-refractivity contribution in [3.63, 3.8) is 0 Å². The summed E-state index contributed by atoms with van der Waals surface area (Å²) in [5, 5.41) is -0.381. The van der Waals surface area contributed by atoms with Gasteiger partial charge in [0, 0.05) is 11.1 Å². The zero-order chi connectivity index (χ0) is 14.4. The molecule has 4 nitrogen and oxygen atoms in total. The van der Waals surface area contributed by atoms with E-state index < -0.39 is 9.84 Å². The standard InChI is InChI=1S/C14H18BrNO3S/c15-10-2-3-12(16)13(8-10)20(17,18)11-4-7-19-14(9-11)5-1-6-14/h2-3,8,11H,1,4-7,9,16H2. The monoisotopic (exact) mass is 359 g/mol. The summed E-state index contributed by atoms with van der Waals surface area (Å²) in [4.78, 5) is 0.244. The summed E-state index contributed by atoms with van der Waals surface area (Å²) in [5.74, 6) is 0. The largest absolute Gasteiger partial charge is 0.398 e. The highest BCUT2D eigenvalue weighted by Crippen LogP contribution is 2.45. The summed E-state index contributed by atoms with van der Waals surface area (Å²) in [5.41, 5.74) is 6.00. The number of nitrogens with two attached hydrogens (primary N) is 1. The van der Waals surface area contributed by atoms with Crippen LogP contribution in [0.4, 0.5) is 5.69 Å². The number of anilines is 1. The molecule has 1 aromatic rings.